The van der Waals surface area contributed by atoms with Crippen LogP contribution >= 0.6 is 0 Å². The van der Waals surface area contributed by atoms with Crippen LogP contribution in [0.1, 0.15) is 12.0 Å². The summed E-state index contributed by atoms with van der Waals surface area (Å²) in [7, 11) is 0. The van der Waals surface area contributed by atoms with Crippen molar-refractivity contribution in [3.05, 3.63) is 29.8 Å². The molecule has 0 bridgehead atoms. The maximum Gasteiger partial charge on any atom is 0.226 e. The fourth-order valence-corrected chi connectivity index (χ4v) is 1.47. The van der Waals surface area contributed by atoms with Crippen LogP contribution in [0.15, 0.2) is 24.3 Å². The average molecular weight is 191 g/mol. The number of aromatic hydroxyl groups is 1. The Morgan fingerprint density at radius 2 is 1.93 bits per heavy atom. The minimum Gasteiger partial charge on any atom is -0.508 e. The van der Waals surface area contributed by atoms with Gasteiger partial charge in [-0.15, -0.1) is 0 Å². The zero-order valence-electron chi connectivity index (χ0n) is 7.94. The summed E-state index contributed by atoms with van der Waals surface area (Å²) >= 11 is 0. The summed E-state index contributed by atoms with van der Waals surface area (Å²) in [6.45, 7) is 1.80. The summed E-state index contributed by atoms with van der Waals surface area (Å²) < 4.78 is 0. The van der Waals surface area contributed by atoms with Gasteiger partial charge in [-0.2, -0.15) is 0 Å². The van der Waals surface area contributed by atoms with Crippen LogP contribution in [0.3, 0.4) is 0 Å². The van der Waals surface area contributed by atoms with Gasteiger partial charge in [0.05, 0.1) is 6.42 Å². The molecule has 1 aromatic carbocycles. The molecule has 0 radical (unpaired) electrons. The van der Waals surface area contributed by atoms with Crippen molar-refractivity contribution in [2.24, 2.45) is 0 Å². The van der Waals surface area contributed by atoms with Crippen molar-refractivity contribution in [2.75, 3.05) is 13.1 Å². The Balaban J connectivity index is 1.96. The first-order chi connectivity index (χ1) is 6.75. The molecule has 1 aliphatic heterocycles. The topological polar surface area (TPSA) is 40.5 Å². The van der Waals surface area contributed by atoms with Crippen molar-refractivity contribution in [2.45, 2.75) is 12.8 Å². The number of hydrogen-bond donors (Lipinski definition) is 1. The third-order valence-corrected chi connectivity index (χ3v) is 2.50. The summed E-state index contributed by atoms with van der Waals surface area (Å²) in [5.74, 6) is 0.423. The molecule has 1 saturated heterocycles. The normalized spacial score (nSPS) is 15.0. The van der Waals surface area contributed by atoms with Gasteiger partial charge in [0.25, 0.3) is 0 Å². The lowest BCUT2D eigenvalue weighted by Gasteiger charge is -2.30. The van der Waals surface area contributed by atoms with E-state index in [9.17, 15) is 4.79 Å². The molecule has 1 aromatic rings. The fraction of sp³-hybridized carbons (Fsp3) is 0.364. The van der Waals surface area contributed by atoms with E-state index in [2.05, 4.69) is 0 Å². The van der Waals surface area contributed by atoms with Crippen LogP contribution in [-0.2, 0) is 11.2 Å². The Kier molecular flexibility index (Phi) is 2.39. The van der Waals surface area contributed by atoms with Crippen LogP contribution in [0, 0.1) is 0 Å². The van der Waals surface area contributed by atoms with E-state index < -0.39 is 0 Å². The fourth-order valence-electron chi connectivity index (χ4n) is 1.47. The monoisotopic (exact) mass is 191 g/mol. The zero-order valence-corrected chi connectivity index (χ0v) is 7.94. The number of amides is 1. The second kappa shape index (κ2) is 3.70. The van der Waals surface area contributed by atoms with E-state index in [-0.39, 0.29) is 11.7 Å². The van der Waals surface area contributed by atoms with Gasteiger partial charge in [-0.05, 0) is 24.1 Å². The van der Waals surface area contributed by atoms with E-state index in [1.807, 2.05) is 4.90 Å². The third kappa shape index (κ3) is 1.87. The van der Waals surface area contributed by atoms with Crippen LogP contribution in [0.4, 0.5) is 0 Å². The lowest BCUT2D eigenvalue weighted by Crippen LogP contribution is -2.42. The Labute approximate surface area is 83.0 Å². The SMILES string of the molecule is O=C(Cc1ccc(O)cc1)N1CCC1. The van der Waals surface area contributed by atoms with Gasteiger partial charge in [0.15, 0.2) is 0 Å². The molecule has 14 heavy (non-hydrogen) atoms. The van der Waals surface area contributed by atoms with E-state index in [0.717, 1.165) is 25.1 Å². The van der Waals surface area contributed by atoms with Crippen molar-refractivity contribution in [1.29, 1.82) is 0 Å². The van der Waals surface area contributed by atoms with Crippen LogP contribution in [-0.4, -0.2) is 29.0 Å². The predicted octanol–water partition coefficient (Wildman–Crippen LogP) is 1.17. The molecule has 0 unspecified atom stereocenters. The van der Waals surface area contributed by atoms with Crippen molar-refractivity contribution in [3.8, 4) is 5.75 Å². The molecule has 1 aliphatic rings. The molecule has 0 atom stereocenters. The van der Waals surface area contributed by atoms with Gasteiger partial charge < -0.3 is 10.0 Å². The van der Waals surface area contributed by atoms with Crippen LogP contribution < -0.4 is 0 Å². The number of phenolic OH excluding ortho intramolecular Hbond substituents is 1. The number of carbonyl (C=O) groups excluding carboxylic acids is 1. The summed E-state index contributed by atoms with van der Waals surface area (Å²) in [4.78, 5) is 13.4. The molecule has 74 valence electrons. The quantitative estimate of drug-likeness (QED) is 0.762. The maximum absolute atomic E-state index is 11.5. The molecule has 1 N–H and O–H groups in total. The molecule has 0 spiro atoms. The minimum atomic E-state index is 0.182. The highest BCUT2D eigenvalue weighted by Gasteiger charge is 2.19. The number of likely N-dealkylation sites (tertiary alicyclic amines) is 1. The van der Waals surface area contributed by atoms with Gasteiger partial charge in [0, 0.05) is 13.1 Å². The Morgan fingerprint density at radius 3 is 2.43 bits per heavy atom. The largest absolute Gasteiger partial charge is 0.508 e. The second-order valence-corrected chi connectivity index (χ2v) is 3.58. The molecular formula is C11H13NO2. The number of rotatable bonds is 2. The molecule has 2 rings (SSSR count). The number of carbonyl (C=O) groups is 1. The zero-order chi connectivity index (χ0) is 9.97. The first-order valence-electron chi connectivity index (χ1n) is 4.81. The molecular weight excluding hydrogens is 178 g/mol. The third-order valence-electron chi connectivity index (χ3n) is 2.50. The minimum absolute atomic E-state index is 0.182. The number of phenols is 1. The lowest BCUT2D eigenvalue weighted by atomic mass is 10.1. The molecule has 3 nitrogen and oxygen atoms in total. The summed E-state index contributed by atoms with van der Waals surface area (Å²) in [5, 5.41) is 9.06. The lowest BCUT2D eigenvalue weighted by molar-refractivity contribution is -0.133. The molecule has 0 saturated carbocycles. The molecule has 0 aliphatic carbocycles. The van der Waals surface area contributed by atoms with Crippen molar-refractivity contribution in [1.82, 2.24) is 4.90 Å². The smallest absolute Gasteiger partial charge is 0.226 e. The molecule has 0 aromatic heterocycles. The van der Waals surface area contributed by atoms with E-state index in [4.69, 9.17) is 5.11 Å². The Hall–Kier alpha value is -1.51. The van der Waals surface area contributed by atoms with E-state index in [1.165, 1.54) is 0 Å². The van der Waals surface area contributed by atoms with Crippen molar-refractivity contribution >= 4 is 5.91 Å². The number of hydrogen-bond acceptors (Lipinski definition) is 2. The van der Waals surface area contributed by atoms with Crippen molar-refractivity contribution in [3.63, 3.8) is 0 Å². The maximum atomic E-state index is 11.5. The Bertz CT molecular complexity index is 328. The number of nitrogens with zero attached hydrogens (tertiary/aromatic N) is 1. The van der Waals surface area contributed by atoms with E-state index in [1.54, 1.807) is 24.3 Å². The van der Waals surface area contributed by atoms with Crippen molar-refractivity contribution < 1.29 is 9.90 Å². The van der Waals surface area contributed by atoms with E-state index in [0.29, 0.717) is 6.42 Å². The average Bonchev–Trinajstić information content (AvgIpc) is 2.06. The summed E-state index contributed by atoms with van der Waals surface area (Å²) in [6.07, 6.45) is 1.57. The van der Waals surface area contributed by atoms with Gasteiger partial charge in [0.2, 0.25) is 5.91 Å². The first kappa shape index (κ1) is 9.06. The predicted molar refractivity (Wildman–Crippen MR) is 53.0 cm³/mol. The first-order valence-corrected chi connectivity index (χ1v) is 4.81. The number of benzene rings is 1. The molecule has 1 fully saturated rings. The highest BCUT2D eigenvalue weighted by molar-refractivity contribution is 5.79. The van der Waals surface area contributed by atoms with E-state index >= 15 is 0 Å². The standard InChI is InChI=1S/C11H13NO2/c13-10-4-2-9(3-5-10)8-11(14)12-6-1-7-12/h2-5,13H,1,6-8H2. The molecule has 1 heterocycles. The van der Waals surface area contributed by atoms with Gasteiger partial charge in [-0.25, -0.2) is 0 Å². The Morgan fingerprint density at radius 1 is 1.29 bits per heavy atom. The van der Waals surface area contributed by atoms with Crippen LogP contribution in [0.5, 0.6) is 5.75 Å². The van der Waals surface area contributed by atoms with Crippen LogP contribution in [0.25, 0.3) is 0 Å². The van der Waals surface area contributed by atoms with Gasteiger partial charge >= 0.3 is 0 Å². The van der Waals surface area contributed by atoms with Gasteiger partial charge in [0.1, 0.15) is 5.75 Å². The molecule has 1 amide bonds. The highest BCUT2D eigenvalue weighted by atomic mass is 16.3. The highest BCUT2D eigenvalue weighted by Crippen LogP contribution is 2.13. The van der Waals surface area contributed by atoms with Gasteiger partial charge in [-0.1, -0.05) is 12.1 Å². The van der Waals surface area contributed by atoms with Gasteiger partial charge in [-0.3, -0.25) is 4.79 Å². The molecule has 3 heteroatoms. The summed E-state index contributed by atoms with van der Waals surface area (Å²) in [5.41, 5.74) is 0.958. The summed E-state index contributed by atoms with van der Waals surface area (Å²) in [6, 6.07) is 6.79. The van der Waals surface area contributed by atoms with Crippen LogP contribution in [0.2, 0.25) is 0 Å². The second-order valence-electron chi connectivity index (χ2n) is 3.58.